The van der Waals surface area contributed by atoms with Crippen molar-refractivity contribution >= 4 is 11.6 Å². The molecule has 1 aliphatic rings. The highest BCUT2D eigenvalue weighted by atomic mass is 16.6. The van der Waals surface area contributed by atoms with Crippen molar-refractivity contribution in [3.8, 4) is 0 Å². The smallest absolute Gasteiger partial charge is 0.272 e. The summed E-state index contributed by atoms with van der Waals surface area (Å²) in [4.78, 5) is 22.4. The lowest BCUT2D eigenvalue weighted by atomic mass is 9.97. The molecule has 0 saturated carbocycles. The Morgan fingerprint density at radius 3 is 2.75 bits per heavy atom. The summed E-state index contributed by atoms with van der Waals surface area (Å²) >= 11 is 0. The molecule has 6 nitrogen and oxygen atoms in total. The van der Waals surface area contributed by atoms with Crippen LogP contribution in [0, 0.1) is 16.0 Å². The standard InChI is InChI=1S/C14H19N3O3/c18-14(12-5-8-15-9-6-12)16-10-7-11-3-1-2-4-13(11)17(19)20/h1-4,12,15H,5-10H2,(H,16,18). The van der Waals surface area contributed by atoms with E-state index in [1.165, 1.54) is 6.07 Å². The first kappa shape index (κ1) is 14.5. The summed E-state index contributed by atoms with van der Waals surface area (Å²) in [5, 5.41) is 17.0. The molecular formula is C14H19N3O3. The van der Waals surface area contributed by atoms with Crippen molar-refractivity contribution in [2.24, 2.45) is 5.92 Å². The van der Waals surface area contributed by atoms with Crippen LogP contribution in [0.2, 0.25) is 0 Å². The second-order valence-electron chi connectivity index (χ2n) is 4.95. The van der Waals surface area contributed by atoms with Crippen molar-refractivity contribution in [2.75, 3.05) is 19.6 Å². The molecule has 0 aliphatic carbocycles. The van der Waals surface area contributed by atoms with Gasteiger partial charge in [0.1, 0.15) is 0 Å². The number of rotatable bonds is 5. The van der Waals surface area contributed by atoms with Gasteiger partial charge < -0.3 is 10.6 Å². The van der Waals surface area contributed by atoms with Crippen molar-refractivity contribution in [3.05, 3.63) is 39.9 Å². The van der Waals surface area contributed by atoms with E-state index in [2.05, 4.69) is 10.6 Å². The van der Waals surface area contributed by atoms with Gasteiger partial charge in [-0.05, 0) is 32.4 Å². The van der Waals surface area contributed by atoms with Crippen molar-refractivity contribution in [2.45, 2.75) is 19.3 Å². The van der Waals surface area contributed by atoms with Crippen molar-refractivity contribution in [1.29, 1.82) is 0 Å². The van der Waals surface area contributed by atoms with E-state index in [0.717, 1.165) is 25.9 Å². The first-order valence-electron chi connectivity index (χ1n) is 6.89. The van der Waals surface area contributed by atoms with Crippen LogP contribution in [0.5, 0.6) is 0 Å². The zero-order valence-electron chi connectivity index (χ0n) is 11.3. The highest BCUT2D eigenvalue weighted by molar-refractivity contribution is 5.78. The van der Waals surface area contributed by atoms with Gasteiger partial charge in [-0.3, -0.25) is 14.9 Å². The summed E-state index contributed by atoms with van der Waals surface area (Å²) in [7, 11) is 0. The SMILES string of the molecule is O=C(NCCc1ccccc1[N+](=O)[O-])C1CCNCC1. The Morgan fingerprint density at radius 1 is 1.35 bits per heavy atom. The minimum absolute atomic E-state index is 0.0603. The van der Waals surface area contributed by atoms with Crippen LogP contribution in [0.4, 0.5) is 5.69 Å². The maximum absolute atomic E-state index is 11.9. The molecule has 0 bridgehead atoms. The van der Waals surface area contributed by atoms with E-state index in [0.29, 0.717) is 18.5 Å². The molecule has 2 rings (SSSR count). The van der Waals surface area contributed by atoms with Crippen molar-refractivity contribution < 1.29 is 9.72 Å². The first-order chi connectivity index (χ1) is 9.68. The van der Waals surface area contributed by atoms with E-state index in [1.807, 2.05) is 0 Å². The third kappa shape index (κ3) is 3.77. The van der Waals surface area contributed by atoms with E-state index in [-0.39, 0.29) is 22.4 Å². The van der Waals surface area contributed by atoms with E-state index >= 15 is 0 Å². The Morgan fingerprint density at radius 2 is 2.05 bits per heavy atom. The van der Waals surface area contributed by atoms with Crippen LogP contribution in [-0.2, 0) is 11.2 Å². The highest BCUT2D eigenvalue weighted by Gasteiger charge is 2.20. The molecule has 1 aliphatic heterocycles. The van der Waals surface area contributed by atoms with Crippen molar-refractivity contribution in [1.82, 2.24) is 10.6 Å². The van der Waals surface area contributed by atoms with Crippen molar-refractivity contribution in [3.63, 3.8) is 0 Å². The number of hydrogen-bond acceptors (Lipinski definition) is 4. The number of para-hydroxylation sites is 1. The molecule has 1 saturated heterocycles. The van der Waals surface area contributed by atoms with Crippen LogP contribution in [0.3, 0.4) is 0 Å². The summed E-state index contributed by atoms with van der Waals surface area (Å²) in [5.41, 5.74) is 0.770. The molecule has 0 radical (unpaired) electrons. The van der Waals surface area contributed by atoms with E-state index in [1.54, 1.807) is 18.2 Å². The van der Waals surface area contributed by atoms with Crippen LogP contribution < -0.4 is 10.6 Å². The zero-order valence-corrected chi connectivity index (χ0v) is 11.3. The van der Waals surface area contributed by atoms with Gasteiger partial charge in [-0.2, -0.15) is 0 Å². The number of carbonyl (C=O) groups excluding carboxylic acids is 1. The van der Waals surface area contributed by atoms with Crippen LogP contribution >= 0.6 is 0 Å². The van der Waals surface area contributed by atoms with Gasteiger partial charge in [0.2, 0.25) is 5.91 Å². The molecule has 1 fully saturated rings. The topological polar surface area (TPSA) is 84.3 Å². The lowest BCUT2D eigenvalue weighted by molar-refractivity contribution is -0.385. The molecule has 1 amide bonds. The molecule has 0 atom stereocenters. The number of amides is 1. The second kappa shape index (κ2) is 7.00. The van der Waals surface area contributed by atoms with Gasteiger partial charge in [-0.1, -0.05) is 18.2 Å². The van der Waals surface area contributed by atoms with E-state index in [4.69, 9.17) is 0 Å². The summed E-state index contributed by atoms with van der Waals surface area (Å²) < 4.78 is 0. The van der Waals surface area contributed by atoms with Gasteiger partial charge in [-0.25, -0.2) is 0 Å². The Bertz CT molecular complexity index is 484. The Hall–Kier alpha value is -1.95. The minimum atomic E-state index is -0.385. The number of nitrogens with one attached hydrogen (secondary N) is 2. The largest absolute Gasteiger partial charge is 0.356 e. The van der Waals surface area contributed by atoms with Gasteiger partial charge in [0.25, 0.3) is 5.69 Å². The first-order valence-corrected chi connectivity index (χ1v) is 6.89. The van der Waals surface area contributed by atoms with Crippen LogP contribution in [0.15, 0.2) is 24.3 Å². The molecule has 6 heteroatoms. The van der Waals surface area contributed by atoms with Crippen LogP contribution in [0.1, 0.15) is 18.4 Å². The van der Waals surface area contributed by atoms with Gasteiger partial charge in [-0.15, -0.1) is 0 Å². The number of benzene rings is 1. The zero-order chi connectivity index (χ0) is 14.4. The summed E-state index contributed by atoms with van der Waals surface area (Å²) in [6.07, 6.45) is 2.20. The van der Waals surface area contributed by atoms with Crippen LogP contribution in [0.25, 0.3) is 0 Å². The molecular weight excluding hydrogens is 258 g/mol. The maximum atomic E-state index is 11.9. The fourth-order valence-corrected chi connectivity index (χ4v) is 2.45. The molecule has 1 aromatic carbocycles. The molecule has 0 spiro atoms. The number of nitro benzene ring substituents is 1. The third-order valence-corrected chi connectivity index (χ3v) is 3.59. The lowest BCUT2D eigenvalue weighted by Gasteiger charge is -2.21. The summed E-state index contributed by atoms with van der Waals surface area (Å²) in [6.45, 7) is 2.19. The Balaban J connectivity index is 1.83. The predicted molar refractivity (Wildman–Crippen MR) is 75.4 cm³/mol. The molecule has 2 N–H and O–H groups in total. The monoisotopic (exact) mass is 277 g/mol. The summed E-state index contributed by atoms with van der Waals surface area (Å²) in [6, 6.07) is 6.64. The molecule has 1 heterocycles. The quantitative estimate of drug-likeness (QED) is 0.626. The highest BCUT2D eigenvalue weighted by Crippen LogP contribution is 2.18. The Labute approximate surface area is 117 Å². The molecule has 0 unspecified atom stereocenters. The Kier molecular flexibility index (Phi) is 5.06. The minimum Gasteiger partial charge on any atom is -0.356 e. The molecule has 1 aromatic rings. The fourth-order valence-electron chi connectivity index (χ4n) is 2.45. The number of piperidine rings is 1. The molecule has 108 valence electrons. The predicted octanol–water partition coefficient (Wildman–Crippen LogP) is 1.25. The number of nitro groups is 1. The average molecular weight is 277 g/mol. The van der Waals surface area contributed by atoms with Gasteiger partial charge >= 0.3 is 0 Å². The van der Waals surface area contributed by atoms with Gasteiger partial charge in [0, 0.05) is 24.1 Å². The second-order valence-corrected chi connectivity index (χ2v) is 4.95. The molecule has 20 heavy (non-hydrogen) atoms. The number of hydrogen-bond donors (Lipinski definition) is 2. The van der Waals surface area contributed by atoms with E-state index < -0.39 is 0 Å². The normalized spacial score (nSPS) is 15.8. The lowest BCUT2D eigenvalue weighted by Crippen LogP contribution is -2.38. The van der Waals surface area contributed by atoms with E-state index in [9.17, 15) is 14.9 Å². The number of carbonyl (C=O) groups is 1. The average Bonchev–Trinajstić information content (AvgIpc) is 2.48. The third-order valence-electron chi connectivity index (χ3n) is 3.59. The fraction of sp³-hybridized carbons (Fsp3) is 0.500. The maximum Gasteiger partial charge on any atom is 0.272 e. The summed E-state index contributed by atoms with van der Waals surface area (Å²) in [5.74, 6) is 0.132. The van der Waals surface area contributed by atoms with Gasteiger partial charge in [0.05, 0.1) is 4.92 Å². The molecule has 0 aromatic heterocycles. The van der Waals surface area contributed by atoms with Gasteiger partial charge in [0.15, 0.2) is 0 Å². The van der Waals surface area contributed by atoms with Crippen LogP contribution in [-0.4, -0.2) is 30.5 Å². The number of nitrogens with zero attached hydrogens (tertiary/aromatic N) is 1.